The van der Waals surface area contributed by atoms with Gasteiger partial charge in [0.2, 0.25) is 0 Å². The van der Waals surface area contributed by atoms with Crippen LogP contribution in [0.1, 0.15) is 18.7 Å². The molecule has 1 aliphatic heterocycles. The first kappa shape index (κ1) is 14.5. The number of imidazole rings is 1. The summed E-state index contributed by atoms with van der Waals surface area (Å²) in [5.74, 6) is 1.05. The van der Waals surface area contributed by atoms with Crippen LogP contribution in [0, 0.1) is 0 Å². The molecule has 1 saturated heterocycles. The Morgan fingerprint density at radius 2 is 2.16 bits per heavy atom. The van der Waals surface area contributed by atoms with Gasteiger partial charge in [-0.25, -0.2) is 4.98 Å². The van der Waals surface area contributed by atoms with Crippen molar-refractivity contribution in [1.82, 2.24) is 19.4 Å². The molecule has 0 saturated carbocycles. The fourth-order valence-corrected chi connectivity index (χ4v) is 2.83. The third kappa shape index (κ3) is 3.78. The minimum absolute atomic E-state index is 0.229. The molecule has 1 N–H and O–H groups in total. The highest BCUT2D eigenvalue weighted by Gasteiger charge is 2.27. The van der Waals surface area contributed by atoms with Gasteiger partial charge in [-0.1, -0.05) is 0 Å². The lowest BCUT2D eigenvalue weighted by atomic mass is 10.0. The van der Waals surface area contributed by atoms with Gasteiger partial charge in [0.25, 0.3) is 0 Å². The number of aryl methyl sites for hydroxylation is 2. The van der Waals surface area contributed by atoms with Crippen molar-refractivity contribution in [2.24, 2.45) is 7.05 Å². The number of aliphatic hydroxyl groups excluding tert-OH is 1. The maximum atomic E-state index is 10.5. The fourth-order valence-electron chi connectivity index (χ4n) is 2.83. The van der Waals surface area contributed by atoms with E-state index in [0.717, 1.165) is 38.3 Å². The van der Waals surface area contributed by atoms with Gasteiger partial charge in [0.05, 0.1) is 6.10 Å². The predicted octanol–water partition coefficient (Wildman–Crippen LogP) is 0.349. The van der Waals surface area contributed by atoms with E-state index in [0.29, 0.717) is 0 Å². The molecule has 1 fully saturated rings. The molecule has 108 valence electrons. The molecule has 19 heavy (non-hydrogen) atoms. The Labute approximate surface area is 115 Å². The predicted molar refractivity (Wildman–Crippen MR) is 76.1 cm³/mol. The molecule has 5 nitrogen and oxygen atoms in total. The molecule has 5 heteroatoms. The largest absolute Gasteiger partial charge is 0.391 e. The van der Waals surface area contributed by atoms with Crippen molar-refractivity contribution in [1.29, 1.82) is 0 Å². The molecular formula is C14H26N4O. The van der Waals surface area contributed by atoms with E-state index in [1.165, 1.54) is 6.42 Å². The lowest BCUT2D eigenvalue weighted by Gasteiger charge is -2.31. The summed E-state index contributed by atoms with van der Waals surface area (Å²) in [6, 6.07) is 0.229. The summed E-state index contributed by atoms with van der Waals surface area (Å²) in [6.07, 6.45) is 6.25. The Hall–Kier alpha value is -0.910. The molecule has 0 aromatic carbocycles. The third-order valence-electron chi connectivity index (χ3n) is 4.14. The van der Waals surface area contributed by atoms with Gasteiger partial charge < -0.3 is 14.6 Å². The fraction of sp³-hybridized carbons (Fsp3) is 0.786. The summed E-state index contributed by atoms with van der Waals surface area (Å²) < 4.78 is 2.02. The quantitative estimate of drug-likeness (QED) is 0.854. The number of hydrogen-bond acceptors (Lipinski definition) is 4. The minimum Gasteiger partial charge on any atom is -0.391 e. The zero-order valence-electron chi connectivity index (χ0n) is 12.3. The van der Waals surface area contributed by atoms with Crippen LogP contribution in [0.25, 0.3) is 0 Å². The van der Waals surface area contributed by atoms with Gasteiger partial charge in [0, 0.05) is 38.4 Å². The van der Waals surface area contributed by atoms with Gasteiger partial charge >= 0.3 is 0 Å². The van der Waals surface area contributed by atoms with Gasteiger partial charge in [0.15, 0.2) is 0 Å². The number of nitrogens with zero attached hydrogens (tertiary/aromatic N) is 4. The van der Waals surface area contributed by atoms with Crippen molar-refractivity contribution >= 4 is 0 Å². The van der Waals surface area contributed by atoms with E-state index in [4.69, 9.17) is 0 Å². The average molecular weight is 266 g/mol. The first-order valence-electron chi connectivity index (χ1n) is 7.11. The van der Waals surface area contributed by atoms with E-state index in [1.54, 1.807) is 0 Å². The van der Waals surface area contributed by atoms with E-state index in [2.05, 4.69) is 28.9 Å². The minimum atomic E-state index is -0.290. The second kappa shape index (κ2) is 6.50. The Morgan fingerprint density at radius 3 is 2.84 bits per heavy atom. The summed E-state index contributed by atoms with van der Waals surface area (Å²) in [5, 5.41) is 10.5. The van der Waals surface area contributed by atoms with Gasteiger partial charge in [-0.05, 0) is 40.0 Å². The number of rotatable bonds is 4. The number of likely N-dealkylation sites (N-methyl/N-ethyl adjacent to an activating group) is 2. The van der Waals surface area contributed by atoms with Gasteiger partial charge in [-0.3, -0.25) is 4.90 Å². The van der Waals surface area contributed by atoms with Gasteiger partial charge in [-0.15, -0.1) is 0 Å². The molecule has 2 heterocycles. The zero-order valence-corrected chi connectivity index (χ0v) is 12.3. The Kier molecular flexibility index (Phi) is 4.96. The first-order chi connectivity index (χ1) is 9.08. The second-order valence-electron chi connectivity index (χ2n) is 5.72. The summed E-state index contributed by atoms with van der Waals surface area (Å²) in [5.41, 5.74) is 0. The standard InChI is InChI=1S/C14H26N4O/c1-16-8-4-9-17(2)12(11-16)13(19)5-6-14-15-7-10-18(14)3/h7,10,12-13,19H,4-6,8-9,11H2,1-3H3. The van der Waals surface area contributed by atoms with Crippen LogP contribution in [0.5, 0.6) is 0 Å². The summed E-state index contributed by atoms with van der Waals surface area (Å²) in [4.78, 5) is 8.93. The van der Waals surface area contributed by atoms with Crippen LogP contribution >= 0.6 is 0 Å². The number of hydrogen-bond donors (Lipinski definition) is 1. The molecule has 0 spiro atoms. The van der Waals surface area contributed by atoms with Crippen LogP contribution in [-0.2, 0) is 13.5 Å². The first-order valence-corrected chi connectivity index (χ1v) is 7.11. The number of aliphatic hydroxyl groups is 1. The van der Waals surface area contributed by atoms with Gasteiger partial charge in [0.1, 0.15) is 5.82 Å². The van der Waals surface area contributed by atoms with Crippen LogP contribution in [0.15, 0.2) is 12.4 Å². The highest BCUT2D eigenvalue weighted by molar-refractivity contribution is 4.93. The molecule has 2 atom stereocenters. The molecule has 0 aliphatic carbocycles. The topological polar surface area (TPSA) is 44.5 Å². The normalized spacial score (nSPS) is 24.3. The van der Waals surface area contributed by atoms with Crippen LogP contribution in [0.3, 0.4) is 0 Å². The van der Waals surface area contributed by atoms with E-state index < -0.39 is 0 Å². The van der Waals surface area contributed by atoms with Crippen LogP contribution in [0.2, 0.25) is 0 Å². The molecule has 1 aromatic rings. The van der Waals surface area contributed by atoms with Crippen LogP contribution in [0.4, 0.5) is 0 Å². The molecule has 1 aliphatic rings. The highest BCUT2D eigenvalue weighted by Crippen LogP contribution is 2.14. The highest BCUT2D eigenvalue weighted by atomic mass is 16.3. The molecule has 0 amide bonds. The average Bonchev–Trinajstić information content (AvgIpc) is 2.70. The van der Waals surface area contributed by atoms with Crippen molar-refractivity contribution in [3.63, 3.8) is 0 Å². The van der Waals surface area contributed by atoms with Crippen LogP contribution < -0.4 is 0 Å². The molecule has 0 radical (unpaired) electrons. The maximum Gasteiger partial charge on any atom is 0.108 e. The SMILES string of the molecule is CN1CCCN(C)C(C(O)CCc2nccn2C)C1. The summed E-state index contributed by atoms with van der Waals surface area (Å²) >= 11 is 0. The monoisotopic (exact) mass is 266 g/mol. The third-order valence-corrected chi connectivity index (χ3v) is 4.14. The van der Waals surface area contributed by atoms with Crippen molar-refractivity contribution < 1.29 is 5.11 Å². The van der Waals surface area contributed by atoms with Gasteiger partial charge in [-0.2, -0.15) is 0 Å². The molecule has 2 rings (SSSR count). The molecule has 2 unspecified atom stereocenters. The van der Waals surface area contributed by atoms with Crippen molar-refractivity contribution in [2.45, 2.75) is 31.4 Å². The lowest BCUT2D eigenvalue weighted by molar-refractivity contribution is 0.0517. The van der Waals surface area contributed by atoms with E-state index in [9.17, 15) is 5.11 Å². The van der Waals surface area contributed by atoms with Crippen LogP contribution in [-0.4, -0.2) is 70.3 Å². The van der Waals surface area contributed by atoms with Crippen molar-refractivity contribution in [3.8, 4) is 0 Å². The van der Waals surface area contributed by atoms with E-state index in [-0.39, 0.29) is 12.1 Å². The summed E-state index contributed by atoms with van der Waals surface area (Å²) in [6.45, 7) is 3.12. The molecular weight excluding hydrogens is 240 g/mol. The molecule has 0 bridgehead atoms. The van der Waals surface area contributed by atoms with E-state index in [1.807, 2.05) is 24.0 Å². The van der Waals surface area contributed by atoms with Crippen molar-refractivity contribution in [3.05, 3.63) is 18.2 Å². The zero-order chi connectivity index (χ0) is 13.8. The van der Waals surface area contributed by atoms with Crippen molar-refractivity contribution in [2.75, 3.05) is 33.7 Å². The van der Waals surface area contributed by atoms with E-state index >= 15 is 0 Å². The Morgan fingerprint density at radius 1 is 1.37 bits per heavy atom. The molecule has 1 aromatic heterocycles. The Bertz CT molecular complexity index is 393. The lowest BCUT2D eigenvalue weighted by Crippen LogP contribution is -2.46. The summed E-state index contributed by atoms with van der Waals surface area (Å²) in [7, 11) is 6.26. The maximum absolute atomic E-state index is 10.5. The second-order valence-corrected chi connectivity index (χ2v) is 5.72. The number of aromatic nitrogens is 2. The Balaban J connectivity index is 1.90. The smallest absolute Gasteiger partial charge is 0.108 e.